The van der Waals surface area contributed by atoms with Crippen molar-refractivity contribution in [2.24, 2.45) is 0 Å². The summed E-state index contributed by atoms with van der Waals surface area (Å²) in [6.07, 6.45) is 1.19. The zero-order valence-corrected chi connectivity index (χ0v) is 11.7. The SMILES string of the molecule is C.CCN(C)S(C)(=O)=O.CN(S(=O)[O-])S(=O)[O-]. The van der Waals surface area contributed by atoms with Gasteiger partial charge in [0.05, 0.1) is 6.26 Å². The van der Waals surface area contributed by atoms with Gasteiger partial charge in [0.1, 0.15) is 0 Å². The molecular weight excluding hydrogens is 292 g/mol. The summed E-state index contributed by atoms with van der Waals surface area (Å²) in [4.78, 5) is 0. The Morgan fingerprint density at radius 1 is 1.12 bits per heavy atom. The molecule has 17 heavy (non-hydrogen) atoms. The molecule has 0 aromatic rings. The lowest BCUT2D eigenvalue weighted by Gasteiger charge is -2.19. The van der Waals surface area contributed by atoms with Crippen LogP contribution in [0.25, 0.3) is 0 Å². The van der Waals surface area contributed by atoms with E-state index in [9.17, 15) is 25.9 Å². The summed E-state index contributed by atoms with van der Waals surface area (Å²) in [5, 5.41) is 0. The Kier molecular flexibility index (Phi) is 13.2. The van der Waals surface area contributed by atoms with Gasteiger partial charge in [0, 0.05) is 43.2 Å². The van der Waals surface area contributed by atoms with Crippen molar-refractivity contribution < 1.29 is 25.9 Å². The Morgan fingerprint density at radius 3 is 1.41 bits per heavy atom. The van der Waals surface area contributed by atoms with Gasteiger partial charge in [0.15, 0.2) is 0 Å². The molecule has 8 nitrogen and oxygen atoms in total. The Balaban J connectivity index is -0.000000218. The minimum atomic E-state index is -2.92. The molecule has 0 N–H and O–H groups in total. The van der Waals surface area contributed by atoms with Gasteiger partial charge >= 0.3 is 0 Å². The molecule has 0 aromatic carbocycles. The third-order valence-corrected chi connectivity index (χ3v) is 4.39. The van der Waals surface area contributed by atoms with Gasteiger partial charge in [-0.2, -0.15) is 3.71 Å². The second-order valence-corrected chi connectivity index (χ2v) is 6.84. The lowest BCUT2D eigenvalue weighted by Crippen LogP contribution is -2.24. The van der Waals surface area contributed by atoms with Crippen LogP contribution in [-0.4, -0.2) is 60.9 Å². The monoisotopic (exact) mass is 310 g/mol. The zero-order valence-electron chi connectivity index (χ0n) is 9.28. The van der Waals surface area contributed by atoms with Crippen LogP contribution in [0.5, 0.6) is 0 Å². The lowest BCUT2D eigenvalue weighted by atomic mass is 10.8. The first-order valence-electron chi connectivity index (χ1n) is 3.87. The lowest BCUT2D eigenvalue weighted by molar-refractivity contribution is 0.466. The average Bonchev–Trinajstić information content (AvgIpc) is 2.14. The molecule has 0 rings (SSSR count). The number of rotatable bonds is 4. The van der Waals surface area contributed by atoms with Crippen LogP contribution in [0.4, 0.5) is 0 Å². The van der Waals surface area contributed by atoms with E-state index in [-0.39, 0.29) is 11.1 Å². The fourth-order valence-electron chi connectivity index (χ4n) is 0.284. The summed E-state index contributed by atoms with van der Waals surface area (Å²) in [7, 11) is -0.446. The van der Waals surface area contributed by atoms with Gasteiger partial charge in [-0.1, -0.05) is 14.4 Å². The fraction of sp³-hybridized carbons (Fsp3) is 1.00. The quantitative estimate of drug-likeness (QED) is 0.617. The summed E-state index contributed by atoms with van der Waals surface area (Å²) in [6, 6.07) is 0. The van der Waals surface area contributed by atoms with Gasteiger partial charge in [0.2, 0.25) is 10.0 Å². The van der Waals surface area contributed by atoms with Crippen molar-refractivity contribution in [3.05, 3.63) is 0 Å². The summed E-state index contributed by atoms with van der Waals surface area (Å²) in [6.45, 7) is 2.33. The van der Waals surface area contributed by atoms with Gasteiger partial charge < -0.3 is 9.11 Å². The smallest absolute Gasteiger partial charge is 0.210 e. The highest BCUT2D eigenvalue weighted by Crippen LogP contribution is 1.88. The van der Waals surface area contributed by atoms with Crippen molar-refractivity contribution >= 4 is 32.6 Å². The van der Waals surface area contributed by atoms with E-state index in [1.54, 1.807) is 14.0 Å². The topological polar surface area (TPSA) is 121 Å². The van der Waals surface area contributed by atoms with Crippen molar-refractivity contribution in [2.45, 2.75) is 14.4 Å². The van der Waals surface area contributed by atoms with Crippen LogP contribution in [0.2, 0.25) is 0 Å². The largest absolute Gasteiger partial charge is 0.759 e. The molecule has 0 aromatic heterocycles. The Hall–Kier alpha value is 0.0900. The summed E-state index contributed by atoms with van der Waals surface area (Å²) < 4.78 is 61.1. The predicted octanol–water partition coefficient (Wildman–Crippen LogP) is -0.960. The molecule has 2 unspecified atom stereocenters. The van der Waals surface area contributed by atoms with Crippen molar-refractivity contribution in [3.8, 4) is 0 Å². The van der Waals surface area contributed by atoms with Crippen molar-refractivity contribution in [1.82, 2.24) is 8.02 Å². The summed E-state index contributed by atoms with van der Waals surface area (Å²) >= 11 is -5.34. The molecule has 0 bridgehead atoms. The average molecular weight is 310 g/mol. The number of hydrogen-bond donors (Lipinski definition) is 0. The number of sulfonamides is 1. The van der Waals surface area contributed by atoms with Crippen LogP contribution >= 0.6 is 0 Å². The second kappa shape index (κ2) is 10.1. The summed E-state index contributed by atoms with van der Waals surface area (Å²) in [5.41, 5.74) is 0. The van der Waals surface area contributed by atoms with Gasteiger partial charge in [-0.15, -0.1) is 0 Å². The molecular formula is C6H18N2O6S3-2. The molecule has 0 heterocycles. The molecule has 0 aliphatic carbocycles. The van der Waals surface area contributed by atoms with E-state index in [0.29, 0.717) is 6.54 Å². The minimum Gasteiger partial charge on any atom is -0.759 e. The molecule has 0 radical (unpaired) electrons. The van der Waals surface area contributed by atoms with Crippen LogP contribution < -0.4 is 0 Å². The van der Waals surface area contributed by atoms with Crippen LogP contribution in [0.1, 0.15) is 14.4 Å². The maximum atomic E-state index is 10.5. The van der Waals surface area contributed by atoms with E-state index in [1.165, 1.54) is 10.6 Å². The summed E-state index contributed by atoms with van der Waals surface area (Å²) in [5.74, 6) is 0. The zero-order chi connectivity index (χ0) is 13.5. The highest BCUT2D eigenvalue weighted by molar-refractivity contribution is 7.92. The minimum absolute atomic E-state index is 0. The van der Waals surface area contributed by atoms with Crippen LogP contribution in [0, 0.1) is 0 Å². The molecule has 0 saturated heterocycles. The predicted molar refractivity (Wildman–Crippen MR) is 65.5 cm³/mol. The van der Waals surface area contributed by atoms with Gasteiger partial charge in [-0.3, -0.25) is 8.42 Å². The maximum absolute atomic E-state index is 10.5. The van der Waals surface area contributed by atoms with E-state index < -0.39 is 32.6 Å². The second-order valence-electron chi connectivity index (χ2n) is 2.55. The Morgan fingerprint density at radius 2 is 1.41 bits per heavy atom. The van der Waals surface area contributed by atoms with Crippen LogP contribution in [-0.2, 0) is 32.6 Å². The molecule has 108 valence electrons. The third kappa shape index (κ3) is 12.3. The van der Waals surface area contributed by atoms with Crippen LogP contribution in [0.15, 0.2) is 0 Å². The van der Waals surface area contributed by atoms with Gasteiger partial charge in [-0.05, 0) is 0 Å². The van der Waals surface area contributed by atoms with E-state index >= 15 is 0 Å². The highest BCUT2D eigenvalue weighted by atomic mass is 32.3. The molecule has 0 fully saturated rings. The molecule has 0 spiro atoms. The third-order valence-electron chi connectivity index (χ3n) is 1.43. The first kappa shape index (κ1) is 22.3. The molecule has 0 aliphatic rings. The van der Waals surface area contributed by atoms with E-state index in [2.05, 4.69) is 0 Å². The first-order valence-corrected chi connectivity index (χ1v) is 7.79. The Bertz CT molecular complexity index is 330. The number of nitrogens with zero attached hydrogens (tertiary/aromatic N) is 2. The first-order chi connectivity index (χ1) is 7.03. The number of hydrogen-bond acceptors (Lipinski definition) is 6. The van der Waals surface area contributed by atoms with Crippen molar-refractivity contribution in [3.63, 3.8) is 0 Å². The maximum Gasteiger partial charge on any atom is 0.210 e. The van der Waals surface area contributed by atoms with Crippen molar-refractivity contribution in [1.29, 1.82) is 0 Å². The molecule has 2 atom stereocenters. The van der Waals surface area contributed by atoms with E-state index in [4.69, 9.17) is 0 Å². The standard InChI is InChI=1S/C4H11NO2S.CH5NO4S2.CH4/c1-4-5(2)8(3,6)7;1-2(7(3)4)8(5)6;/h4H2,1-3H3;1H3,(H,3,4)(H,5,6);1H4/p-2. The molecule has 0 saturated carbocycles. The van der Waals surface area contributed by atoms with Crippen LogP contribution in [0.3, 0.4) is 0 Å². The molecule has 0 aliphatic heterocycles. The normalized spacial score (nSPS) is 14.6. The Labute approximate surface area is 108 Å². The van der Waals surface area contributed by atoms with Gasteiger partial charge in [-0.25, -0.2) is 12.7 Å². The van der Waals surface area contributed by atoms with Crippen molar-refractivity contribution in [2.75, 3.05) is 26.9 Å². The van der Waals surface area contributed by atoms with Gasteiger partial charge in [0.25, 0.3) is 0 Å². The molecule has 11 heteroatoms. The molecule has 0 amide bonds. The highest BCUT2D eigenvalue weighted by Gasteiger charge is 2.05. The van der Waals surface area contributed by atoms with E-state index in [1.807, 2.05) is 0 Å². The fourth-order valence-corrected chi connectivity index (χ4v) is 1.15. The van der Waals surface area contributed by atoms with E-state index in [0.717, 1.165) is 7.05 Å².